The van der Waals surface area contributed by atoms with Gasteiger partial charge in [0.25, 0.3) is 0 Å². The average molecular weight is 500 g/mol. The Kier molecular flexibility index (Phi) is 9.23. The van der Waals surface area contributed by atoms with Gasteiger partial charge >= 0.3 is 5.97 Å². The highest BCUT2D eigenvalue weighted by Crippen LogP contribution is 2.37. The van der Waals surface area contributed by atoms with E-state index in [1.54, 1.807) is 6.07 Å². The zero-order valence-electron chi connectivity index (χ0n) is 21.6. The van der Waals surface area contributed by atoms with Gasteiger partial charge in [0.05, 0.1) is 17.9 Å². The first-order valence-corrected chi connectivity index (χ1v) is 13.0. The van der Waals surface area contributed by atoms with Gasteiger partial charge in [-0.15, -0.1) is 0 Å². The van der Waals surface area contributed by atoms with E-state index in [1.165, 1.54) is 11.1 Å². The number of hydrogen-bond donors (Lipinski definition) is 0. The molecule has 35 heavy (non-hydrogen) atoms. The van der Waals surface area contributed by atoms with Crippen molar-refractivity contribution in [3.8, 4) is 5.75 Å². The Hall–Kier alpha value is -2.53. The van der Waals surface area contributed by atoms with Gasteiger partial charge in [0.1, 0.15) is 17.6 Å². The molecule has 0 aliphatic carbocycles. The smallest absolute Gasteiger partial charge is 0.338 e. The number of aldehydes is 1. The maximum absolute atomic E-state index is 12.8. The quantitative estimate of drug-likeness (QED) is 0.279. The number of halogens is 1. The molecule has 0 aromatic heterocycles. The van der Waals surface area contributed by atoms with Crippen LogP contribution in [0, 0.1) is 5.92 Å². The summed E-state index contributed by atoms with van der Waals surface area (Å²) in [5, 5.41) is 0.741. The summed E-state index contributed by atoms with van der Waals surface area (Å²) in [7, 11) is 0. The Morgan fingerprint density at radius 3 is 2.66 bits per heavy atom. The summed E-state index contributed by atoms with van der Waals surface area (Å²) in [6.07, 6.45) is 4.57. The largest absolute Gasteiger partial charge is 0.491 e. The zero-order valence-corrected chi connectivity index (χ0v) is 22.4. The third kappa shape index (κ3) is 7.23. The van der Waals surface area contributed by atoms with Crippen molar-refractivity contribution in [1.29, 1.82) is 0 Å². The summed E-state index contributed by atoms with van der Waals surface area (Å²) in [6.45, 7) is 11.7. The molecule has 0 saturated heterocycles. The maximum atomic E-state index is 12.8. The molecule has 6 heteroatoms. The standard InChI is InChI=1S/C29H38ClNO4/c1-6-8-21-15-24(30)10-11-25(21)23-17-31(14-13-20(7-2)18-32)26-16-22(9-12-27(26)34-19-23)28(33)35-29(3,4)5/h9-12,15-16,18,20,23H,6-8,13-14,17,19H2,1-5H3. The molecule has 1 aliphatic heterocycles. The van der Waals surface area contributed by atoms with Crippen LogP contribution >= 0.6 is 11.6 Å². The van der Waals surface area contributed by atoms with Crippen LogP contribution < -0.4 is 9.64 Å². The summed E-state index contributed by atoms with van der Waals surface area (Å²) >= 11 is 6.32. The van der Waals surface area contributed by atoms with Gasteiger partial charge in [0.15, 0.2) is 0 Å². The van der Waals surface area contributed by atoms with E-state index >= 15 is 0 Å². The predicted molar refractivity (Wildman–Crippen MR) is 142 cm³/mol. The van der Waals surface area contributed by atoms with Gasteiger partial charge in [-0.25, -0.2) is 4.79 Å². The Morgan fingerprint density at radius 1 is 1.23 bits per heavy atom. The highest BCUT2D eigenvalue weighted by molar-refractivity contribution is 6.30. The van der Waals surface area contributed by atoms with Crippen molar-refractivity contribution >= 4 is 29.5 Å². The molecule has 0 N–H and O–H groups in total. The molecule has 0 fully saturated rings. The number of fused-ring (bicyclic) bond motifs is 1. The number of carbonyl (C=O) groups is 2. The molecule has 5 nitrogen and oxygen atoms in total. The van der Waals surface area contributed by atoms with Gasteiger partial charge in [0.2, 0.25) is 0 Å². The summed E-state index contributed by atoms with van der Waals surface area (Å²) in [6, 6.07) is 11.6. The molecule has 0 bridgehead atoms. The summed E-state index contributed by atoms with van der Waals surface area (Å²) in [5.74, 6) is 0.511. The minimum atomic E-state index is -0.576. The van der Waals surface area contributed by atoms with Gasteiger partial charge in [0, 0.05) is 29.9 Å². The number of aryl methyl sites for hydroxylation is 1. The minimum absolute atomic E-state index is 0.00120. The van der Waals surface area contributed by atoms with Crippen molar-refractivity contribution in [2.45, 2.75) is 71.8 Å². The Morgan fingerprint density at radius 2 is 2.00 bits per heavy atom. The van der Waals surface area contributed by atoms with Crippen molar-refractivity contribution < 1.29 is 19.1 Å². The van der Waals surface area contributed by atoms with Crippen LogP contribution in [0.3, 0.4) is 0 Å². The van der Waals surface area contributed by atoms with Crippen LogP contribution in [0.4, 0.5) is 5.69 Å². The molecule has 3 rings (SSSR count). The van der Waals surface area contributed by atoms with Crippen LogP contribution in [0.1, 0.15) is 81.3 Å². The molecule has 2 aromatic rings. The van der Waals surface area contributed by atoms with E-state index in [4.69, 9.17) is 21.1 Å². The van der Waals surface area contributed by atoms with E-state index < -0.39 is 5.60 Å². The lowest BCUT2D eigenvalue weighted by Gasteiger charge is -2.29. The monoisotopic (exact) mass is 499 g/mol. The lowest BCUT2D eigenvalue weighted by Crippen LogP contribution is -2.31. The molecule has 0 saturated carbocycles. The van der Waals surface area contributed by atoms with Crippen molar-refractivity contribution in [2.75, 3.05) is 24.6 Å². The van der Waals surface area contributed by atoms with E-state index in [9.17, 15) is 9.59 Å². The number of esters is 1. The lowest BCUT2D eigenvalue weighted by atomic mass is 9.92. The number of benzene rings is 2. The first-order chi connectivity index (χ1) is 16.6. The van der Waals surface area contributed by atoms with Crippen LogP contribution in [0.15, 0.2) is 36.4 Å². The van der Waals surface area contributed by atoms with Gasteiger partial charge in [-0.05, 0) is 81.5 Å². The third-order valence-electron chi connectivity index (χ3n) is 6.37. The van der Waals surface area contributed by atoms with Gasteiger partial charge < -0.3 is 19.2 Å². The molecular weight excluding hydrogens is 462 g/mol. The van der Waals surface area contributed by atoms with E-state index in [2.05, 4.69) is 24.0 Å². The van der Waals surface area contributed by atoms with Crippen LogP contribution in [-0.2, 0) is 16.0 Å². The van der Waals surface area contributed by atoms with E-state index in [0.29, 0.717) is 18.7 Å². The van der Waals surface area contributed by atoms with Gasteiger partial charge in [-0.3, -0.25) is 0 Å². The third-order valence-corrected chi connectivity index (χ3v) is 6.60. The van der Waals surface area contributed by atoms with Crippen molar-refractivity contribution in [2.24, 2.45) is 5.92 Å². The van der Waals surface area contributed by atoms with E-state index in [0.717, 1.165) is 55.0 Å². The van der Waals surface area contributed by atoms with Crippen molar-refractivity contribution in [3.63, 3.8) is 0 Å². The van der Waals surface area contributed by atoms with E-state index in [-0.39, 0.29) is 17.8 Å². The van der Waals surface area contributed by atoms with E-state index in [1.807, 2.05) is 45.9 Å². The second-order valence-electron chi connectivity index (χ2n) is 10.3. The molecule has 0 radical (unpaired) electrons. The Balaban J connectivity index is 1.97. The fourth-order valence-corrected chi connectivity index (χ4v) is 4.70. The van der Waals surface area contributed by atoms with Gasteiger partial charge in [-0.2, -0.15) is 0 Å². The van der Waals surface area contributed by atoms with Crippen molar-refractivity contribution in [3.05, 3.63) is 58.1 Å². The average Bonchev–Trinajstić information content (AvgIpc) is 2.98. The second kappa shape index (κ2) is 11.9. The Bertz CT molecular complexity index is 1030. The molecule has 2 atom stereocenters. The summed E-state index contributed by atoms with van der Waals surface area (Å²) in [5.41, 5.74) is 3.26. The molecule has 190 valence electrons. The number of carbonyl (C=O) groups excluding carboxylic acids is 2. The van der Waals surface area contributed by atoms with Crippen LogP contribution in [0.5, 0.6) is 5.75 Å². The number of nitrogens with zero attached hydrogens (tertiary/aromatic N) is 1. The van der Waals surface area contributed by atoms with Crippen molar-refractivity contribution in [1.82, 2.24) is 0 Å². The summed E-state index contributed by atoms with van der Waals surface area (Å²) in [4.78, 5) is 26.6. The first kappa shape index (κ1) is 27.1. The summed E-state index contributed by atoms with van der Waals surface area (Å²) < 4.78 is 11.9. The normalized spacial score (nSPS) is 16.6. The SMILES string of the molecule is CCCc1cc(Cl)ccc1C1COc2ccc(C(=O)OC(C)(C)C)cc2N(CCC(C=O)CC)C1. The van der Waals surface area contributed by atoms with Gasteiger partial charge in [-0.1, -0.05) is 37.9 Å². The second-order valence-corrected chi connectivity index (χ2v) is 10.8. The lowest BCUT2D eigenvalue weighted by molar-refractivity contribution is -0.111. The maximum Gasteiger partial charge on any atom is 0.338 e. The zero-order chi connectivity index (χ0) is 25.6. The van der Waals surface area contributed by atoms with Crippen LogP contribution in [0.2, 0.25) is 5.02 Å². The number of rotatable bonds is 9. The number of hydrogen-bond acceptors (Lipinski definition) is 5. The number of anilines is 1. The molecular formula is C29H38ClNO4. The Labute approximate surface area is 214 Å². The topological polar surface area (TPSA) is 55.8 Å². The first-order valence-electron chi connectivity index (χ1n) is 12.6. The molecule has 2 unspecified atom stereocenters. The molecule has 0 amide bonds. The predicted octanol–water partition coefficient (Wildman–Crippen LogP) is 6.85. The fraction of sp³-hybridized carbons (Fsp3) is 0.517. The molecule has 2 aromatic carbocycles. The molecule has 1 aliphatic rings. The molecule has 1 heterocycles. The van der Waals surface area contributed by atoms with Crippen LogP contribution in [-0.4, -0.2) is 37.6 Å². The fourth-order valence-electron chi connectivity index (χ4n) is 4.51. The highest BCUT2D eigenvalue weighted by Gasteiger charge is 2.28. The number of ether oxygens (including phenoxy) is 2. The highest BCUT2D eigenvalue weighted by atomic mass is 35.5. The molecule has 0 spiro atoms. The van der Waals surface area contributed by atoms with Crippen LogP contribution in [0.25, 0.3) is 0 Å². The minimum Gasteiger partial charge on any atom is -0.491 e.